The van der Waals surface area contributed by atoms with Gasteiger partial charge in [-0.3, -0.25) is 14.3 Å². The van der Waals surface area contributed by atoms with Crippen molar-refractivity contribution in [3.8, 4) is 0 Å². The maximum Gasteiger partial charge on any atom is 0.435 e. The average molecular weight is 413 g/mol. The predicted octanol–water partition coefficient (Wildman–Crippen LogP) is 4.14. The third-order valence-corrected chi connectivity index (χ3v) is 4.63. The van der Waals surface area contributed by atoms with Crippen LogP contribution in [0.5, 0.6) is 0 Å². The summed E-state index contributed by atoms with van der Waals surface area (Å²) in [7, 11) is 1.26. The highest BCUT2D eigenvalue weighted by Gasteiger charge is 2.35. The Balaban J connectivity index is 1.55. The first kappa shape index (κ1) is 19.5. The van der Waals surface area contributed by atoms with E-state index >= 15 is 0 Å². The highest BCUT2D eigenvalue weighted by atomic mass is 19.4. The largest absolute Gasteiger partial charge is 0.435 e. The van der Waals surface area contributed by atoms with E-state index in [1.165, 1.54) is 7.05 Å². The second-order valence-corrected chi connectivity index (χ2v) is 6.63. The van der Waals surface area contributed by atoms with Crippen LogP contribution in [-0.2, 0) is 18.0 Å². The zero-order valence-electron chi connectivity index (χ0n) is 15.5. The number of hydrogen-bond acceptors (Lipinski definition) is 4. The molecule has 4 rings (SSSR count). The molecule has 2 amide bonds. The summed E-state index contributed by atoms with van der Waals surface area (Å²) in [5, 5.41) is 13.6. The van der Waals surface area contributed by atoms with E-state index < -0.39 is 23.7 Å². The highest BCUT2D eigenvalue weighted by molar-refractivity contribution is 6.03. The third kappa shape index (κ3) is 3.59. The van der Waals surface area contributed by atoms with Crippen molar-refractivity contribution in [2.75, 3.05) is 5.32 Å². The molecule has 2 heterocycles. The lowest BCUT2D eigenvalue weighted by Gasteiger charge is -2.19. The summed E-state index contributed by atoms with van der Waals surface area (Å²) in [5.41, 5.74) is 0.967. The molecule has 1 aliphatic carbocycles. The van der Waals surface area contributed by atoms with Gasteiger partial charge in [0.25, 0.3) is 11.8 Å². The van der Waals surface area contributed by atoms with E-state index in [1.807, 2.05) is 0 Å². The molecular weight excluding hydrogens is 399 g/mol. The number of alkyl halides is 3. The second-order valence-electron chi connectivity index (χ2n) is 6.63. The zero-order valence-corrected chi connectivity index (χ0v) is 15.5. The van der Waals surface area contributed by atoms with Crippen molar-refractivity contribution in [2.24, 2.45) is 23.2 Å². The standard InChI is InChI=1S/C20H14F3N5O2/c1-28-15(10-16(27-28)20(21,22)23)19(30)24-12-8-6-11(7-9-12)17-13-4-2-3-5-14(13)18(29)26-25-17/h2-10,14H,1H3,(H,24,30). The summed E-state index contributed by atoms with van der Waals surface area (Å²) in [6, 6.07) is 7.23. The number of nitrogens with zero attached hydrogens (tertiary/aromatic N) is 4. The van der Waals surface area contributed by atoms with E-state index in [-0.39, 0.29) is 11.6 Å². The van der Waals surface area contributed by atoms with Gasteiger partial charge in [0.05, 0.1) is 11.6 Å². The normalized spacial score (nSPS) is 18.0. The van der Waals surface area contributed by atoms with Gasteiger partial charge < -0.3 is 5.32 Å². The Kier molecular flexibility index (Phi) is 4.69. The first-order valence-electron chi connectivity index (χ1n) is 8.81. The van der Waals surface area contributed by atoms with Crippen LogP contribution in [0.4, 0.5) is 18.9 Å². The van der Waals surface area contributed by atoms with Gasteiger partial charge in [0, 0.05) is 24.4 Å². The molecule has 1 aliphatic heterocycles. The molecule has 0 radical (unpaired) electrons. The SMILES string of the molecule is Cn1nc(C(F)(F)F)cc1C(=O)Nc1ccc(C2=C3C=CC=CC3C(=O)N=N2)cc1. The molecular formula is C20H14F3N5O2. The quantitative estimate of drug-likeness (QED) is 0.820. The van der Waals surface area contributed by atoms with Gasteiger partial charge >= 0.3 is 6.18 Å². The second kappa shape index (κ2) is 7.21. The van der Waals surface area contributed by atoms with E-state index in [4.69, 9.17) is 0 Å². The fraction of sp³-hybridized carbons (Fsp3) is 0.150. The Morgan fingerprint density at radius 2 is 1.87 bits per heavy atom. The van der Waals surface area contributed by atoms with Gasteiger partial charge in [-0.15, -0.1) is 10.2 Å². The fourth-order valence-corrected chi connectivity index (χ4v) is 3.15. The van der Waals surface area contributed by atoms with Crippen LogP contribution in [0.1, 0.15) is 21.7 Å². The number of hydrogen-bond donors (Lipinski definition) is 1. The number of nitrogens with one attached hydrogen (secondary N) is 1. The summed E-state index contributed by atoms with van der Waals surface area (Å²) < 4.78 is 39.2. The Labute approximate surface area is 168 Å². The number of aromatic nitrogens is 2. The predicted molar refractivity (Wildman–Crippen MR) is 101 cm³/mol. The Morgan fingerprint density at radius 1 is 1.13 bits per heavy atom. The Hall–Kier alpha value is -3.82. The number of aryl methyl sites for hydroxylation is 1. The zero-order chi connectivity index (χ0) is 21.5. The van der Waals surface area contributed by atoms with Crippen LogP contribution >= 0.6 is 0 Å². The van der Waals surface area contributed by atoms with Crippen molar-refractivity contribution in [1.29, 1.82) is 0 Å². The Morgan fingerprint density at radius 3 is 2.53 bits per heavy atom. The molecule has 0 fully saturated rings. The number of carbonyl (C=O) groups is 2. The number of amides is 2. The van der Waals surface area contributed by atoms with Gasteiger partial charge in [-0.2, -0.15) is 18.3 Å². The highest BCUT2D eigenvalue weighted by Crippen LogP contribution is 2.34. The monoisotopic (exact) mass is 413 g/mol. The molecule has 1 N–H and O–H groups in total. The van der Waals surface area contributed by atoms with Gasteiger partial charge in [0.2, 0.25) is 0 Å². The molecule has 0 bridgehead atoms. The molecule has 0 saturated carbocycles. The fourth-order valence-electron chi connectivity index (χ4n) is 3.15. The number of azo groups is 1. The van der Waals surface area contributed by atoms with Crippen LogP contribution in [0, 0.1) is 5.92 Å². The molecule has 152 valence electrons. The van der Waals surface area contributed by atoms with Crippen molar-refractivity contribution in [2.45, 2.75) is 6.18 Å². The van der Waals surface area contributed by atoms with Crippen molar-refractivity contribution in [3.63, 3.8) is 0 Å². The van der Waals surface area contributed by atoms with Crippen molar-refractivity contribution < 1.29 is 22.8 Å². The van der Waals surface area contributed by atoms with Crippen LogP contribution in [-0.4, -0.2) is 21.6 Å². The first-order chi connectivity index (χ1) is 14.2. The van der Waals surface area contributed by atoms with E-state index in [2.05, 4.69) is 20.6 Å². The van der Waals surface area contributed by atoms with Crippen LogP contribution in [0.2, 0.25) is 0 Å². The minimum Gasteiger partial charge on any atom is -0.321 e. The van der Waals surface area contributed by atoms with Crippen LogP contribution in [0.3, 0.4) is 0 Å². The summed E-state index contributed by atoms with van der Waals surface area (Å²) in [6.45, 7) is 0. The maximum atomic E-state index is 12.8. The van der Waals surface area contributed by atoms with E-state index in [1.54, 1.807) is 48.6 Å². The lowest BCUT2D eigenvalue weighted by atomic mass is 9.89. The lowest BCUT2D eigenvalue weighted by Crippen LogP contribution is -2.17. The topological polar surface area (TPSA) is 88.7 Å². The average Bonchev–Trinajstić information content (AvgIpc) is 3.12. The number of fused-ring (bicyclic) bond motifs is 1. The van der Waals surface area contributed by atoms with Crippen molar-refractivity contribution >= 4 is 23.2 Å². The van der Waals surface area contributed by atoms with Gasteiger partial charge in [0.1, 0.15) is 5.69 Å². The van der Waals surface area contributed by atoms with Crippen LogP contribution in [0.25, 0.3) is 5.70 Å². The number of benzene rings is 1. The summed E-state index contributed by atoms with van der Waals surface area (Å²) >= 11 is 0. The summed E-state index contributed by atoms with van der Waals surface area (Å²) in [6.07, 6.45) is 2.48. The van der Waals surface area contributed by atoms with E-state index in [0.29, 0.717) is 23.0 Å². The summed E-state index contributed by atoms with van der Waals surface area (Å²) in [4.78, 5) is 24.3. The molecule has 1 atom stereocenters. The summed E-state index contributed by atoms with van der Waals surface area (Å²) in [5.74, 6) is -1.54. The number of rotatable bonds is 3. The maximum absolute atomic E-state index is 12.8. The number of carbonyl (C=O) groups excluding carboxylic acids is 2. The van der Waals surface area contributed by atoms with E-state index in [9.17, 15) is 22.8 Å². The molecule has 10 heteroatoms. The molecule has 1 aromatic carbocycles. The minimum atomic E-state index is -4.64. The number of allylic oxidation sites excluding steroid dienone is 3. The molecule has 2 aromatic rings. The smallest absolute Gasteiger partial charge is 0.321 e. The first-order valence-corrected chi connectivity index (χ1v) is 8.81. The number of anilines is 1. The molecule has 1 unspecified atom stereocenters. The van der Waals surface area contributed by atoms with Gasteiger partial charge in [-0.1, -0.05) is 36.4 Å². The number of halogens is 3. The lowest BCUT2D eigenvalue weighted by molar-refractivity contribution is -0.141. The molecule has 30 heavy (non-hydrogen) atoms. The minimum absolute atomic E-state index is 0.224. The van der Waals surface area contributed by atoms with Crippen molar-refractivity contribution in [1.82, 2.24) is 9.78 Å². The van der Waals surface area contributed by atoms with Gasteiger partial charge in [-0.05, 0) is 17.7 Å². The van der Waals surface area contributed by atoms with Gasteiger partial charge in [0.15, 0.2) is 5.69 Å². The molecule has 7 nitrogen and oxygen atoms in total. The molecule has 2 aliphatic rings. The molecule has 0 saturated heterocycles. The van der Waals surface area contributed by atoms with Gasteiger partial charge in [-0.25, -0.2) is 0 Å². The Bertz CT molecular complexity index is 1150. The van der Waals surface area contributed by atoms with Crippen molar-refractivity contribution in [3.05, 3.63) is 77.2 Å². The third-order valence-electron chi connectivity index (χ3n) is 4.63. The van der Waals surface area contributed by atoms with Crippen LogP contribution in [0.15, 0.2) is 70.4 Å². The van der Waals surface area contributed by atoms with E-state index in [0.717, 1.165) is 10.3 Å². The van der Waals surface area contributed by atoms with Crippen LogP contribution < -0.4 is 5.32 Å². The molecule has 0 spiro atoms. The molecule has 1 aromatic heterocycles.